The van der Waals surface area contributed by atoms with Crippen molar-refractivity contribution in [2.75, 3.05) is 19.0 Å². The zero-order valence-corrected chi connectivity index (χ0v) is 10.6. The average molecular weight is 260 g/mol. The molecule has 0 atom stereocenters. The monoisotopic (exact) mass is 259 g/mol. The second-order valence-corrected chi connectivity index (χ2v) is 5.20. The van der Waals surface area contributed by atoms with Gasteiger partial charge in [0.1, 0.15) is 5.71 Å². The normalized spacial score (nSPS) is 19.0. The first-order valence-corrected chi connectivity index (χ1v) is 6.42. The minimum Gasteiger partial charge on any atom is -0.411 e. The number of hydrogen-bond donors (Lipinski definition) is 1. The summed E-state index contributed by atoms with van der Waals surface area (Å²) in [5.41, 5.74) is 1.73. The number of hydrogen-bond acceptors (Lipinski definition) is 4. The van der Waals surface area contributed by atoms with Crippen molar-refractivity contribution in [1.82, 2.24) is 8.87 Å². The number of aromatic nitrogens is 1. The standard InChI is InChI=1S/C10H14ClN3OS/c1-13-6-3-9-10(13)8(12-15)7-14(16-9)5-2-4-11/h3,6,15H,2,4-5,7H2,1H3/b12-8+. The molecule has 1 aliphatic heterocycles. The predicted octanol–water partition coefficient (Wildman–Crippen LogP) is 2.16. The molecule has 0 amide bonds. The second kappa shape index (κ2) is 5.12. The van der Waals surface area contributed by atoms with E-state index < -0.39 is 0 Å². The minimum atomic E-state index is 0.656. The van der Waals surface area contributed by atoms with E-state index in [2.05, 4.69) is 9.46 Å². The molecule has 16 heavy (non-hydrogen) atoms. The third kappa shape index (κ3) is 2.21. The van der Waals surface area contributed by atoms with E-state index in [1.54, 1.807) is 11.9 Å². The largest absolute Gasteiger partial charge is 0.411 e. The van der Waals surface area contributed by atoms with Gasteiger partial charge >= 0.3 is 0 Å². The van der Waals surface area contributed by atoms with Crippen molar-refractivity contribution in [1.29, 1.82) is 0 Å². The predicted molar refractivity (Wildman–Crippen MR) is 66.5 cm³/mol. The SMILES string of the molecule is Cn1ccc2c1/C(=N/O)CN(CCCCl)S2. The summed E-state index contributed by atoms with van der Waals surface area (Å²) in [6, 6.07) is 2.04. The molecule has 0 saturated heterocycles. The van der Waals surface area contributed by atoms with Gasteiger partial charge in [0.2, 0.25) is 0 Å². The molecule has 6 heteroatoms. The molecule has 2 heterocycles. The van der Waals surface area contributed by atoms with Gasteiger partial charge in [-0.2, -0.15) is 0 Å². The van der Waals surface area contributed by atoms with Gasteiger partial charge < -0.3 is 9.77 Å². The van der Waals surface area contributed by atoms with Crippen LogP contribution in [0.25, 0.3) is 0 Å². The smallest absolute Gasteiger partial charge is 0.119 e. The number of nitrogens with zero attached hydrogens (tertiary/aromatic N) is 3. The Balaban J connectivity index is 2.20. The van der Waals surface area contributed by atoms with Gasteiger partial charge in [-0.25, -0.2) is 4.31 Å². The van der Waals surface area contributed by atoms with Gasteiger partial charge in [0.15, 0.2) is 0 Å². The van der Waals surface area contributed by atoms with Crippen molar-refractivity contribution in [2.24, 2.45) is 12.2 Å². The zero-order chi connectivity index (χ0) is 11.5. The summed E-state index contributed by atoms with van der Waals surface area (Å²) in [4.78, 5) is 1.14. The molecule has 2 rings (SSSR count). The molecular formula is C10H14ClN3OS. The molecule has 0 spiro atoms. The van der Waals surface area contributed by atoms with E-state index in [0.717, 1.165) is 29.3 Å². The number of oxime groups is 1. The zero-order valence-electron chi connectivity index (χ0n) is 9.06. The van der Waals surface area contributed by atoms with E-state index >= 15 is 0 Å². The molecule has 0 unspecified atom stereocenters. The Morgan fingerprint density at radius 1 is 1.62 bits per heavy atom. The van der Waals surface area contributed by atoms with Gasteiger partial charge in [0.05, 0.1) is 17.1 Å². The summed E-state index contributed by atoms with van der Waals surface area (Å²) in [5, 5.41) is 12.4. The molecule has 0 aromatic carbocycles. The third-order valence-electron chi connectivity index (χ3n) is 2.52. The Labute approximate surface area is 104 Å². The first-order chi connectivity index (χ1) is 7.76. The highest BCUT2D eigenvalue weighted by Gasteiger charge is 2.25. The lowest BCUT2D eigenvalue weighted by molar-refractivity contribution is 0.315. The number of aryl methyl sites for hydroxylation is 1. The summed E-state index contributed by atoms with van der Waals surface area (Å²) in [7, 11) is 1.96. The average Bonchev–Trinajstić information content (AvgIpc) is 2.67. The quantitative estimate of drug-likeness (QED) is 0.391. The van der Waals surface area contributed by atoms with Crippen LogP contribution < -0.4 is 0 Å². The highest BCUT2D eigenvalue weighted by Crippen LogP contribution is 2.32. The maximum atomic E-state index is 9.04. The van der Waals surface area contributed by atoms with Crippen molar-refractivity contribution in [2.45, 2.75) is 11.3 Å². The van der Waals surface area contributed by atoms with Crippen LogP contribution in [0.2, 0.25) is 0 Å². The van der Waals surface area contributed by atoms with E-state index in [1.807, 2.05) is 23.9 Å². The van der Waals surface area contributed by atoms with Crippen LogP contribution in [0.5, 0.6) is 0 Å². The highest BCUT2D eigenvalue weighted by molar-refractivity contribution is 7.97. The molecule has 1 aromatic heterocycles. The summed E-state index contributed by atoms with van der Waals surface area (Å²) >= 11 is 7.37. The fourth-order valence-corrected chi connectivity index (χ4v) is 3.05. The van der Waals surface area contributed by atoms with E-state index in [-0.39, 0.29) is 0 Å². The van der Waals surface area contributed by atoms with E-state index in [1.165, 1.54) is 0 Å². The Kier molecular flexibility index (Phi) is 3.78. The molecule has 1 aromatic rings. The molecule has 1 aliphatic rings. The Morgan fingerprint density at radius 3 is 3.12 bits per heavy atom. The maximum absolute atomic E-state index is 9.04. The number of fused-ring (bicyclic) bond motifs is 1. The topological polar surface area (TPSA) is 40.8 Å². The minimum absolute atomic E-state index is 0.656. The molecule has 0 radical (unpaired) electrons. The van der Waals surface area contributed by atoms with Gasteiger partial charge in [0, 0.05) is 25.7 Å². The van der Waals surface area contributed by atoms with Crippen LogP contribution in [0.1, 0.15) is 12.1 Å². The van der Waals surface area contributed by atoms with Crippen LogP contribution in [0.4, 0.5) is 0 Å². The Bertz CT molecular complexity index is 405. The third-order valence-corrected chi connectivity index (χ3v) is 3.89. The van der Waals surface area contributed by atoms with Crippen molar-refractivity contribution in [3.8, 4) is 0 Å². The number of rotatable bonds is 3. The Hall–Kier alpha value is -0.650. The summed E-state index contributed by atoms with van der Waals surface area (Å²) in [5.74, 6) is 0.657. The molecule has 1 N–H and O–H groups in total. The van der Waals surface area contributed by atoms with Crippen LogP contribution in [-0.2, 0) is 7.05 Å². The van der Waals surface area contributed by atoms with Crippen molar-refractivity contribution >= 4 is 29.3 Å². The van der Waals surface area contributed by atoms with E-state index in [9.17, 15) is 0 Å². The van der Waals surface area contributed by atoms with Gasteiger partial charge in [-0.15, -0.1) is 11.6 Å². The fourth-order valence-electron chi connectivity index (χ4n) is 1.78. The lowest BCUT2D eigenvalue weighted by Crippen LogP contribution is -2.31. The van der Waals surface area contributed by atoms with Crippen LogP contribution in [0.3, 0.4) is 0 Å². The number of halogens is 1. The second-order valence-electron chi connectivity index (χ2n) is 3.68. The summed E-state index contributed by atoms with van der Waals surface area (Å²) in [6.07, 6.45) is 2.92. The van der Waals surface area contributed by atoms with Crippen molar-refractivity contribution < 1.29 is 5.21 Å². The van der Waals surface area contributed by atoms with Gasteiger partial charge in [-0.1, -0.05) is 5.16 Å². The molecule has 0 bridgehead atoms. The van der Waals surface area contributed by atoms with Gasteiger partial charge in [-0.3, -0.25) is 0 Å². The van der Waals surface area contributed by atoms with E-state index in [4.69, 9.17) is 16.8 Å². The molecule has 4 nitrogen and oxygen atoms in total. The van der Waals surface area contributed by atoms with Crippen LogP contribution >= 0.6 is 23.5 Å². The van der Waals surface area contributed by atoms with Crippen molar-refractivity contribution in [3.05, 3.63) is 18.0 Å². The molecule has 0 fully saturated rings. The maximum Gasteiger partial charge on any atom is 0.119 e. The van der Waals surface area contributed by atoms with Gasteiger partial charge in [-0.05, 0) is 24.4 Å². The summed E-state index contributed by atoms with van der Waals surface area (Å²) in [6.45, 7) is 1.56. The fraction of sp³-hybridized carbons (Fsp3) is 0.500. The Morgan fingerprint density at radius 2 is 2.44 bits per heavy atom. The molecule has 0 aliphatic carbocycles. The number of alkyl halides is 1. The van der Waals surface area contributed by atoms with Gasteiger partial charge in [0.25, 0.3) is 0 Å². The van der Waals surface area contributed by atoms with Crippen molar-refractivity contribution in [3.63, 3.8) is 0 Å². The molecular weight excluding hydrogens is 246 g/mol. The van der Waals surface area contributed by atoms with Crippen LogP contribution in [0, 0.1) is 0 Å². The molecule has 0 saturated carbocycles. The summed E-state index contributed by atoms with van der Waals surface area (Å²) < 4.78 is 4.15. The van der Waals surface area contributed by atoms with E-state index in [0.29, 0.717) is 12.4 Å². The first kappa shape index (κ1) is 11.8. The highest BCUT2D eigenvalue weighted by atomic mass is 35.5. The molecule has 88 valence electrons. The van der Waals surface area contributed by atoms with Crippen LogP contribution in [0.15, 0.2) is 22.3 Å². The first-order valence-electron chi connectivity index (χ1n) is 5.11. The lowest BCUT2D eigenvalue weighted by Gasteiger charge is -2.26. The van der Waals surface area contributed by atoms with Crippen LogP contribution in [-0.4, -0.2) is 38.8 Å². The lowest BCUT2D eigenvalue weighted by atomic mass is 10.2.